The SMILES string of the molecule is CC(C)CC(=O)NCCC(=O)N1CC(CN)CC1C.Cl. The van der Waals surface area contributed by atoms with Crippen LogP contribution in [0.4, 0.5) is 0 Å². The number of carbonyl (C=O) groups excluding carboxylic acids is 2. The van der Waals surface area contributed by atoms with Crippen LogP contribution in [0.3, 0.4) is 0 Å². The molecule has 1 rings (SSSR count). The third-order valence-electron chi connectivity index (χ3n) is 3.57. The molecular formula is C14H28ClN3O2. The van der Waals surface area contributed by atoms with Crippen molar-refractivity contribution >= 4 is 24.2 Å². The van der Waals surface area contributed by atoms with Crippen molar-refractivity contribution in [3.8, 4) is 0 Å². The summed E-state index contributed by atoms with van der Waals surface area (Å²) in [5.41, 5.74) is 5.65. The molecule has 1 aliphatic heterocycles. The highest BCUT2D eigenvalue weighted by atomic mass is 35.5. The lowest BCUT2D eigenvalue weighted by molar-refractivity contribution is -0.131. The summed E-state index contributed by atoms with van der Waals surface area (Å²) in [5.74, 6) is 0.916. The van der Waals surface area contributed by atoms with Gasteiger partial charge in [0.15, 0.2) is 0 Å². The van der Waals surface area contributed by atoms with E-state index in [1.54, 1.807) is 0 Å². The minimum absolute atomic E-state index is 0. The lowest BCUT2D eigenvalue weighted by Crippen LogP contribution is -2.37. The Labute approximate surface area is 128 Å². The predicted octanol–water partition coefficient (Wildman–Crippen LogP) is 1.16. The Morgan fingerprint density at radius 2 is 2.05 bits per heavy atom. The number of carbonyl (C=O) groups is 2. The smallest absolute Gasteiger partial charge is 0.224 e. The summed E-state index contributed by atoms with van der Waals surface area (Å²) >= 11 is 0. The van der Waals surface area contributed by atoms with Gasteiger partial charge in [0.25, 0.3) is 0 Å². The van der Waals surface area contributed by atoms with Crippen LogP contribution in [0.25, 0.3) is 0 Å². The summed E-state index contributed by atoms with van der Waals surface area (Å²) in [6, 6.07) is 0.271. The number of likely N-dealkylation sites (tertiary alicyclic amines) is 1. The van der Waals surface area contributed by atoms with Gasteiger partial charge < -0.3 is 16.0 Å². The van der Waals surface area contributed by atoms with Crippen molar-refractivity contribution in [1.29, 1.82) is 0 Å². The topological polar surface area (TPSA) is 75.4 Å². The van der Waals surface area contributed by atoms with Crippen molar-refractivity contribution in [3.05, 3.63) is 0 Å². The molecule has 0 aromatic carbocycles. The van der Waals surface area contributed by atoms with Crippen molar-refractivity contribution in [2.24, 2.45) is 17.6 Å². The van der Waals surface area contributed by atoms with Crippen LogP contribution in [0.2, 0.25) is 0 Å². The molecule has 0 radical (unpaired) electrons. The van der Waals surface area contributed by atoms with E-state index in [0.717, 1.165) is 13.0 Å². The number of nitrogens with zero attached hydrogens (tertiary/aromatic N) is 1. The lowest BCUT2D eigenvalue weighted by atomic mass is 10.1. The summed E-state index contributed by atoms with van der Waals surface area (Å²) in [5, 5.41) is 2.80. The number of nitrogens with one attached hydrogen (secondary N) is 1. The molecule has 3 N–H and O–H groups in total. The Morgan fingerprint density at radius 1 is 1.40 bits per heavy atom. The zero-order valence-corrected chi connectivity index (χ0v) is 13.5. The van der Waals surface area contributed by atoms with E-state index >= 15 is 0 Å². The van der Waals surface area contributed by atoms with E-state index in [1.807, 2.05) is 18.7 Å². The van der Waals surface area contributed by atoms with Gasteiger partial charge in [-0.05, 0) is 31.7 Å². The molecule has 0 saturated carbocycles. The van der Waals surface area contributed by atoms with Crippen LogP contribution >= 0.6 is 12.4 Å². The molecule has 2 amide bonds. The molecule has 0 aromatic heterocycles. The first kappa shape index (κ1) is 19.2. The molecule has 1 fully saturated rings. The number of amides is 2. The van der Waals surface area contributed by atoms with Crippen molar-refractivity contribution < 1.29 is 9.59 Å². The Morgan fingerprint density at radius 3 is 2.55 bits per heavy atom. The quantitative estimate of drug-likeness (QED) is 0.773. The van der Waals surface area contributed by atoms with E-state index in [2.05, 4.69) is 12.2 Å². The van der Waals surface area contributed by atoms with Gasteiger partial charge in [-0.1, -0.05) is 13.8 Å². The first-order valence-corrected chi connectivity index (χ1v) is 7.20. The van der Waals surface area contributed by atoms with Crippen LogP contribution in [-0.2, 0) is 9.59 Å². The molecule has 0 aliphatic carbocycles. The zero-order valence-electron chi connectivity index (χ0n) is 12.7. The van der Waals surface area contributed by atoms with Crippen molar-refractivity contribution in [2.45, 2.75) is 46.1 Å². The fourth-order valence-electron chi connectivity index (χ4n) is 2.56. The maximum absolute atomic E-state index is 12.1. The third-order valence-corrected chi connectivity index (χ3v) is 3.57. The summed E-state index contributed by atoms with van der Waals surface area (Å²) in [7, 11) is 0. The van der Waals surface area contributed by atoms with Crippen LogP contribution in [0.5, 0.6) is 0 Å². The minimum atomic E-state index is 0. The highest BCUT2D eigenvalue weighted by molar-refractivity contribution is 5.85. The molecule has 6 heteroatoms. The first-order chi connectivity index (χ1) is 8.93. The van der Waals surface area contributed by atoms with E-state index in [4.69, 9.17) is 5.73 Å². The predicted molar refractivity (Wildman–Crippen MR) is 82.7 cm³/mol. The largest absolute Gasteiger partial charge is 0.356 e. The van der Waals surface area contributed by atoms with Gasteiger partial charge in [-0.15, -0.1) is 12.4 Å². The Hall–Kier alpha value is -0.810. The molecule has 5 nitrogen and oxygen atoms in total. The van der Waals surface area contributed by atoms with Crippen molar-refractivity contribution in [1.82, 2.24) is 10.2 Å². The van der Waals surface area contributed by atoms with Crippen LogP contribution in [0, 0.1) is 11.8 Å². The number of hydrogen-bond acceptors (Lipinski definition) is 3. The number of hydrogen-bond donors (Lipinski definition) is 2. The standard InChI is InChI=1S/C14H27N3O2.ClH/c1-10(2)6-13(18)16-5-4-14(19)17-9-12(8-15)7-11(17)3;/h10-12H,4-9,15H2,1-3H3,(H,16,18);1H. The average molecular weight is 306 g/mol. The normalized spacial score (nSPS) is 21.8. The van der Waals surface area contributed by atoms with E-state index < -0.39 is 0 Å². The molecule has 118 valence electrons. The average Bonchev–Trinajstić information content (AvgIpc) is 2.69. The monoisotopic (exact) mass is 305 g/mol. The fourth-order valence-corrected chi connectivity index (χ4v) is 2.56. The molecule has 0 spiro atoms. The van der Waals surface area contributed by atoms with Gasteiger partial charge in [-0.3, -0.25) is 9.59 Å². The molecule has 20 heavy (non-hydrogen) atoms. The van der Waals surface area contributed by atoms with E-state index in [9.17, 15) is 9.59 Å². The van der Waals surface area contributed by atoms with E-state index in [-0.39, 0.29) is 30.3 Å². The molecular weight excluding hydrogens is 278 g/mol. The lowest BCUT2D eigenvalue weighted by Gasteiger charge is -2.21. The Bertz CT molecular complexity index is 324. The highest BCUT2D eigenvalue weighted by Gasteiger charge is 2.30. The summed E-state index contributed by atoms with van der Waals surface area (Å²) < 4.78 is 0. The van der Waals surface area contributed by atoms with Gasteiger partial charge in [-0.25, -0.2) is 0 Å². The van der Waals surface area contributed by atoms with Crippen LogP contribution in [-0.4, -0.2) is 42.4 Å². The molecule has 1 aliphatic rings. The summed E-state index contributed by atoms with van der Waals surface area (Å²) in [6.45, 7) is 7.90. The fraction of sp³-hybridized carbons (Fsp3) is 0.857. The number of nitrogens with two attached hydrogens (primary N) is 1. The molecule has 1 saturated heterocycles. The van der Waals surface area contributed by atoms with E-state index in [0.29, 0.717) is 37.8 Å². The van der Waals surface area contributed by atoms with Crippen LogP contribution in [0.1, 0.15) is 40.0 Å². The number of rotatable bonds is 6. The minimum Gasteiger partial charge on any atom is -0.356 e. The first-order valence-electron chi connectivity index (χ1n) is 7.20. The van der Waals surface area contributed by atoms with Gasteiger partial charge in [0.1, 0.15) is 0 Å². The van der Waals surface area contributed by atoms with Gasteiger partial charge >= 0.3 is 0 Å². The van der Waals surface area contributed by atoms with Gasteiger partial charge in [0, 0.05) is 32.0 Å². The van der Waals surface area contributed by atoms with Crippen LogP contribution < -0.4 is 11.1 Å². The van der Waals surface area contributed by atoms with Crippen LogP contribution in [0.15, 0.2) is 0 Å². The second-order valence-corrected chi connectivity index (χ2v) is 5.93. The molecule has 0 aromatic rings. The Balaban J connectivity index is 0.00000361. The van der Waals surface area contributed by atoms with Gasteiger partial charge in [0.2, 0.25) is 11.8 Å². The number of halogens is 1. The zero-order chi connectivity index (χ0) is 14.4. The second-order valence-electron chi connectivity index (χ2n) is 5.93. The third kappa shape index (κ3) is 6.09. The highest BCUT2D eigenvalue weighted by Crippen LogP contribution is 2.22. The van der Waals surface area contributed by atoms with Gasteiger partial charge in [0.05, 0.1) is 0 Å². The van der Waals surface area contributed by atoms with Crippen molar-refractivity contribution in [2.75, 3.05) is 19.6 Å². The molecule has 1 heterocycles. The molecule has 2 unspecified atom stereocenters. The molecule has 0 bridgehead atoms. The van der Waals surface area contributed by atoms with E-state index in [1.165, 1.54) is 0 Å². The maximum Gasteiger partial charge on any atom is 0.224 e. The second kappa shape index (κ2) is 9.19. The maximum atomic E-state index is 12.1. The van der Waals surface area contributed by atoms with Crippen molar-refractivity contribution in [3.63, 3.8) is 0 Å². The summed E-state index contributed by atoms with van der Waals surface area (Å²) in [6.07, 6.45) is 1.89. The summed E-state index contributed by atoms with van der Waals surface area (Å²) in [4.78, 5) is 25.4. The Kier molecular flexibility index (Phi) is 8.81. The van der Waals surface area contributed by atoms with Gasteiger partial charge in [-0.2, -0.15) is 0 Å². The molecule has 2 atom stereocenters.